The van der Waals surface area contributed by atoms with Crippen LogP contribution in [-0.4, -0.2) is 17.8 Å². The van der Waals surface area contributed by atoms with E-state index in [1.807, 2.05) is 0 Å². The molecular formula is C18H34BrNO. The molecular weight excluding hydrogens is 326 g/mol. The molecule has 0 saturated heterocycles. The zero-order valence-corrected chi connectivity index (χ0v) is 15.8. The number of carbonyl (C=O) groups excluding carboxylic acids is 1. The summed E-state index contributed by atoms with van der Waals surface area (Å²) in [6, 6.07) is 0. The van der Waals surface area contributed by atoms with Crippen LogP contribution < -0.4 is 5.32 Å². The second kappa shape index (κ2) is 9.86. The van der Waals surface area contributed by atoms with Gasteiger partial charge in [-0.15, -0.1) is 0 Å². The Kier molecular flexibility index (Phi) is 8.92. The first-order chi connectivity index (χ1) is 9.98. The van der Waals surface area contributed by atoms with E-state index in [9.17, 15) is 4.79 Å². The predicted octanol–water partition coefficient (Wildman–Crippen LogP) is 5.30. The molecule has 1 aliphatic carbocycles. The normalized spacial score (nSPS) is 23.0. The third-order valence-electron chi connectivity index (χ3n) is 4.91. The molecule has 0 radical (unpaired) electrons. The lowest BCUT2D eigenvalue weighted by atomic mass is 9.79. The second-order valence-electron chi connectivity index (χ2n) is 7.53. The van der Waals surface area contributed by atoms with Crippen LogP contribution in [0, 0.1) is 17.3 Å². The summed E-state index contributed by atoms with van der Waals surface area (Å²) >= 11 is 3.48. The van der Waals surface area contributed by atoms with Gasteiger partial charge in [-0.2, -0.15) is 0 Å². The molecule has 21 heavy (non-hydrogen) atoms. The fraction of sp³-hybridized carbons (Fsp3) is 0.944. The van der Waals surface area contributed by atoms with Crippen molar-refractivity contribution >= 4 is 21.8 Å². The summed E-state index contributed by atoms with van der Waals surface area (Å²) in [7, 11) is 0. The van der Waals surface area contributed by atoms with Crippen LogP contribution >= 0.6 is 15.9 Å². The van der Waals surface area contributed by atoms with Gasteiger partial charge in [-0.05, 0) is 49.9 Å². The monoisotopic (exact) mass is 359 g/mol. The van der Waals surface area contributed by atoms with Crippen molar-refractivity contribution in [3.8, 4) is 0 Å². The van der Waals surface area contributed by atoms with E-state index in [1.54, 1.807) is 0 Å². The number of hydrogen-bond acceptors (Lipinski definition) is 1. The molecule has 0 bridgehead atoms. The van der Waals surface area contributed by atoms with Crippen molar-refractivity contribution in [1.82, 2.24) is 5.32 Å². The molecule has 1 rings (SSSR count). The summed E-state index contributed by atoms with van der Waals surface area (Å²) in [5.74, 6) is 1.45. The van der Waals surface area contributed by atoms with Crippen LogP contribution in [0.4, 0.5) is 0 Å². The summed E-state index contributed by atoms with van der Waals surface area (Å²) in [6.45, 7) is 7.57. The Bertz CT molecular complexity index is 296. The highest BCUT2D eigenvalue weighted by Gasteiger charge is 2.27. The average molecular weight is 360 g/mol. The summed E-state index contributed by atoms with van der Waals surface area (Å²) in [5.41, 5.74) is 0.210. The van der Waals surface area contributed by atoms with Gasteiger partial charge in [-0.3, -0.25) is 4.79 Å². The maximum atomic E-state index is 12.3. The predicted molar refractivity (Wildman–Crippen MR) is 94.8 cm³/mol. The van der Waals surface area contributed by atoms with Gasteiger partial charge in [-0.1, -0.05) is 56.0 Å². The van der Waals surface area contributed by atoms with Gasteiger partial charge in [0.15, 0.2) is 0 Å². The molecule has 0 aromatic heterocycles. The summed E-state index contributed by atoms with van der Waals surface area (Å²) < 4.78 is 0. The molecule has 0 aromatic rings. The topological polar surface area (TPSA) is 29.1 Å². The van der Waals surface area contributed by atoms with Gasteiger partial charge in [0.25, 0.3) is 0 Å². The Morgan fingerprint density at radius 1 is 1.19 bits per heavy atom. The van der Waals surface area contributed by atoms with Crippen molar-refractivity contribution in [2.24, 2.45) is 17.3 Å². The Hall–Kier alpha value is -0.0500. The van der Waals surface area contributed by atoms with Crippen LogP contribution in [0.25, 0.3) is 0 Å². The van der Waals surface area contributed by atoms with Crippen LogP contribution in [0.3, 0.4) is 0 Å². The molecule has 1 amide bonds. The number of unbranched alkanes of at least 4 members (excludes halogenated alkanes) is 1. The van der Waals surface area contributed by atoms with E-state index in [0.29, 0.717) is 5.91 Å². The summed E-state index contributed by atoms with van der Waals surface area (Å²) in [4.78, 5) is 12.3. The molecule has 0 aliphatic heterocycles. The summed E-state index contributed by atoms with van der Waals surface area (Å²) in [5, 5.41) is 4.25. The minimum Gasteiger partial charge on any atom is -0.355 e. The van der Waals surface area contributed by atoms with Crippen LogP contribution in [0.1, 0.15) is 78.6 Å². The van der Waals surface area contributed by atoms with Crippen LogP contribution in [0.5, 0.6) is 0 Å². The zero-order valence-electron chi connectivity index (χ0n) is 14.2. The molecule has 1 N–H and O–H groups in total. The first-order valence-corrected chi connectivity index (χ1v) is 9.94. The number of amides is 1. The molecule has 3 heteroatoms. The molecule has 0 heterocycles. The molecule has 1 saturated carbocycles. The van der Waals surface area contributed by atoms with Gasteiger partial charge < -0.3 is 5.32 Å². The van der Waals surface area contributed by atoms with E-state index < -0.39 is 0 Å². The number of halogens is 1. The highest BCUT2D eigenvalue weighted by atomic mass is 79.9. The third-order valence-corrected chi connectivity index (χ3v) is 5.47. The van der Waals surface area contributed by atoms with Gasteiger partial charge in [0, 0.05) is 17.8 Å². The largest absolute Gasteiger partial charge is 0.355 e. The fourth-order valence-electron chi connectivity index (χ4n) is 3.31. The number of alkyl halides is 1. The first kappa shape index (κ1) is 19.0. The summed E-state index contributed by atoms with van der Waals surface area (Å²) in [6.07, 6.45) is 11.0. The molecule has 124 valence electrons. The molecule has 0 atom stereocenters. The van der Waals surface area contributed by atoms with Crippen molar-refractivity contribution in [2.75, 3.05) is 11.9 Å². The van der Waals surface area contributed by atoms with Gasteiger partial charge in [0.1, 0.15) is 0 Å². The van der Waals surface area contributed by atoms with Crippen molar-refractivity contribution < 1.29 is 4.79 Å². The lowest BCUT2D eigenvalue weighted by Crippen LogP contribution is -2.39. The number of rotatable bonds is 9. The lowest BCUT2D eigenvalue weighted by Gasteiger charge is -2.30. The maximum Gasteiger partial charge on any atom is 0.223 e. The van der Waals surface area contributed by atoms with Gasteiger partial charge in [0.2, 0.25) is 5.91 Å². The van der Waals surface area contributed by atoms with Crippen molar-refractivity contribution in [2.45, 2.75) is 78.6 Å². The Morgan fingerprint density at radius 2 is 1.86 bits per heavy atom. The van der Waals surface area contributed by atoms with Crippen LogP contribution in [-0.2, 0) is 4.79 Å². The van der Waals surface area contributed by atoms with Crippen LogP contribution in [0.15, 0.2) is 0 Å². The van der Waals surface area contributed by atoms with Gasteiger partial charge in [-0.25, -0.2) is 0 Å². The van der Waals surface area contributed by atoms with Crippen LogP contribution in [0.2, 0.25) is 0 Å². The minimum atomic E-state index is 0.210. The Labute approximate surface area is 140 Å². The van der Waals surface area contributed by atoms with E-state index >= 15 is 0 Å². The zero-order chi connectivity index (χ0) is 15.7. The first-order valence-electron chi connectivity index (χ1n) is 8.82. The number of hydrogen-bond donors (Lipinski definition) is 1. The van der Waals surface area contributed by atoms with E-state index in [1.165, 1.54) is 38.5 Å². The third kappa shape index (κ3) is 7.67. The van der Waals surface area contributed by atoms with Crippen molar-refractivity contribution in [3.05, 3.63) is 0 Å². The standard InChI is InChI=1S/C18H34BrNO/c1-4-5-7-15-8-10-16(11-9-15)17(21)20-14-18(2,3)12-6-13-19/h15-16H,4-14H2,1-3H3,(H,20,21). The smallest absolute Gasteiger partial charge is 0.223 e. The van der Waals surface area contributed by atoms with E-state index in [-0.39, 0.29) is 11.3 Å². The molecule has 0 aromatic carbocycles. The number of carbonyl (C=O) groups is 1. The lowest BCUT2D eigenvalue weighted by molar-refractivity contribution is -0.126. The Balaban J connectivity index is 2.24. The van der Waals surface area contributed by atoms with E-state index in [4.69, 9.17) is 0 Å². The molecule has 0 unspecified atom stereocenters. The molecule has 2 nitrogen and oxygen atoms in total. The average Bonchev–Trinajstić information content (AvgIpc) is 2.49. The highest BCUT2D eigenvalue weighted by Crippen LogP contribution is 2.32. The second-order valence-corrected chi connectivity index (χ2v) is 8.33. The van der Waals surface area contributed by atoms with Gasteiger partial charge in [0.05, 0.1) is 0 Å². The quantitative estimate of drug-likeness (QED) is 0.556. The van der Waals surface area contributed by atoms with Gasteiger partial charge >= 0.3 is 0 Å². The SMILES string of the molecule is CCCCC1CCC(C(=O)NCC(C)(C)CCCBr)CC1. The van der Waals surface area contributed by atoms with Crippen molar-refractivity contribution in [3.63, 3.8) is 0 Å². The number of nitrogens with one attached hydrogen (secondary N) is 1. The Morgan fingerprint density at radius 3 is 2.43 bits per heavy atom. The maximum absolute atomic E-state index is 12.3. The van der Waals surface area contributed by atoms with Crippen molar-refractivity contribution in [1.29, 1.82) is 0 Å². The highest BCUT2D eigenvalue weighted by molar-refractivity contribution is 9.09. The van der Waals surface area contributed by atoms with E-state index in [0.717, 1.165) is 37.1 Å². The molecule has 0 spiro atoms. The minimum absolute atomic E-state index is 0.210. The molecule has 1 fully saturated rings. The fourth-order valence-corrected chi connectivity index (χ4v) is 3.59. The molecule has 1 aliphatic rings. The van der Waals surface area contributed by atoms with E-state index in [2.05, 4.69) is 42.0 Å².